The van der Waals surface area contributed by atoms with Gasteiger partial charge in [-0.25, -0.2) is 0 Å². The number of ether oxygens (including phenoxy) is 1. The van der Waals surface area contributed by atoms with Gasteiger partial charge in [0.25, 0.3) is 0 Å². The van der Waals surface area contributed by atoms with E-state index in [4.69, 9.17) is 0 Å². The maximum atomic E-state index is 11.8. The Morgan fingerprint density at radius 1 is 1.14 bits per heavy atom. The fourth-order valence-corrected chi connectivity index (χ4v) is 3.21. The highest BCUT2D eigenvalue weighted by Crippen LogP contribution is 2.20. The second-order valence-corrected chi connectivity index (χ2v) is 5.93. The number of likely N-dealkylation sites (tertiary alicyclic amines) is 2. The number of nitrogens with one attached hydrogen (secondary N) is 1. The van der Waals surface area contributed by atoms with E-state index in [1.54, 1.807) is 0 Å². The van der Waals surface area contributed by atoms with E-state index in [9.17, 15) is 9.59 Å². The van der Waals surface area contributed by atoms with E-state index < -0.39 is 0 Å². The van der Waals surface area contributed by atoms with Gasteiger partial charge >= 0.3 is 5.97 Å². The number of hydrogen-bond acceptors (Lipinski definition) is 5. The molecule has 0 aliphatic carbocycles. The Morgan fingerprint density at radius 2 is 1.81 bits per heavy atom. The Bertz CT molecular complexity index is 348. The molecule has 2 fully saturated rings. The van der Waals surface area contributed by atoms with Crippen molar-refractivity contribution in [3.8, 4) is 0 Å². The Balaban J connectivity index is 1.59. The van der Waals surface area contributed by atoms with Crippen molar-refractivity contribution < 1.29 is 14.3 Å². The molecule has 6 heteroatoms. The van der Waals surface area contributed by atoms with Gasteiger partial charge in [0.2, 0.25) is 5.91 Å². The van der Waals surface area contributed by atoms with Gasteiger partial charge in [0.05, 0.1) is 20.1 Å². The van der Waals surface area contributed by atoms with Crippen LogP contribution in [0.2, 0.25) is 0 Å². The van der Waals surface area contributed by atoms with Crippen LogP contribution in [-0.4, -0.2) is 74.1 Å². The quantitative estimate of drug-likeness (QED) is 0.711. The topological polar surface area (TPSA) is 61.9 Å². The summed E-state index contributed by atoms with van der Waals surface area (Å²) in [5.74, 6) is -0.291. The molecule has 21 heavy (non-hydrogen) atoms. The molecule has 0 aromatic heterocycles. The molecule has 2 aliphatic rings. The van der Waals surface area contributed by atoms with Crippen molar-refractivity contribution in [2.75, 3.05) is 46.4 Å². The molecule has 2 rings (SSSR count). The molecule has 1 amide bonds. The number of methoxy groups -OCH3 is 1. The van der Waals surface area contributed by atoms with E-state index in [1.807, 2.05) is 0 Å². The number of hydrogen-bond donors (Lipinski definition) is 1. The summed E-state index contributed by atoms with van der Waals surface area (Å²) in [4.78, 5) is 27.6. The van der Waals surface area contributed by atoms with Gasteiger partial charge in [0.15, 0.2) is 0 Å². The fraction of sp³-hybridized carbons (Fsp3) is 0.867. The predicted molar refractivity (Wildman–Crippen MR) is 79.9 cm³/mol. The van der Waals surface area contributed by atoms with Crippen LogP contribution >= 0.6 is 0 Å². The van der Waals surface area contributed by atoms with Crippen molar-refractivity contribution in [3.05, 3.63) is 0 Å². The lowest BCUT2D eigenvalue weighted by atomic mass is 10.0. The van der Waals surface area contributed by atoms with Gasteiger partial charge in [-0.15, -0.1) is 0 Å². The molecule has 0 aromatic carbocycles. The van der Waals surface area contributed by atoms with Crippen molar-refractivity contribution >= 4 is 11.9 Å². The van der Waals surface area contributed by atoms with Gasteiger partial charge < -0.3 is 15.0 Å². The number of piperidine rings is 1. The number of rotatable bonds is 6. The van der Waals surface area contributed by atoms with E-state index in [-0.39, 0.29) is 18.3 Å². The minimum absolute atomic E-state index is 0.00137. The zero-order valence-corrected chi connectivity index (χ0v) is 13.0. The molecule has 0 radical (unpaired) electrons. The van der Waals surface area contributed by atoms with Gasteiger partial charge in [-0.1, -0.05) is 0 Å². The van der Waals surface area contributed by atoms with Crippen LogP contribution in [0.3, 0.4) is 0 Å². The Morgan fingerprint density at radius 3 is 2.43 bits per heavy atom. The molecular weight excluding hydrogens is 270 g/mol. The molecule has 1 N–H and O–H groups in total. The van der Waals surface area contributed by atoms with Gasteiger partial charge in [-0.3, -0.25) is 14.5 Å². The number of esters is 1. The maximum Gasteiger partial charge on any atom is 0.307 e. The van der Waals surface area contributed by atoms with Gasteiger partial charge in [0, 0.05) is 25.7 Å². The predicted octanol–water partition coefficient (Wildman–Crippen LogP) is 0.226. The number of nitrogens with zero attached hydrogens (tertiary/aromatic N) is 2. The lowest BCUT2D eigenvalue weighted by Crippen LogP contribution is -2.47. The highest BCUT2D eigenvalue weighted by atomic mass is 16.5. The third-order valence-electron chi connectivity index (χ3n) is 4.46. The van der Waals surface area contributed by atoms with Crippen LogP contribution in [-0.2, 0) is 14.3 Å². The van der Waals surface area contributed by atoms with Crippen molar-refractivity contribution in [1.29, 1.82) is 0 Å². The van der Waals surface area contributed by atoms with Crippen LogP contribution in [0.15, 0.2) is 0 Å². The molecule has 2 aliphatic heterocycles. The lowest BCUT2D eigenvalue weighted by molar-refractivity contribution is -0.140. The summed E-state index contributed by atoms with van der Waals surface area (Å²) in [6, 6.07) is 0.714. The smallest absolute Gasteiger partial charge is 0.307 e. The lowest BCUT2D eigenvalue weighted by Gasteiger charge is -2.36. The summed E-state index contributed by atoms with van der Waals surface area (Å²) in [7, 11) is 1.36. The minimum atomic E-state index is -0.290. The molecule has 6 nitrogen and oxygen atoms in total. The zero-order valence-electron chi connectivity index (χ0n) is 13.0. The monoisotopic (exact) mass is 297 g/mol. The maximum absolute atomic E-state index is 11.8. The van der Waals surface area contributed by atoms with Crippen molar-refractivity contribution in [2.24, 2.45) is 0 Å². The molecule has 0 atom stereocenters. The fourth-order valence-electron chi connectivity index (χ4n) is 3.21. The van der Waals surface area contributed by atoms with Gasteiger partial charge in [0.1, 0.15) is 0 Å². The van der Waals surface area contributed by atoms with E-state index >= 15 is 0 Å². The summed E-state index contributed by atoms with van der Waals surface area (Å²) in [6.45, 7) is 5.28. The zero-order chi connectivity index (χ0) is 15.1. The van der Waals surface area contributed by atoms with E-state index in [0.29, 0.717) is 19.1 Å². The van der Waals surface area contributed by atoms with Crippen LogP contribution in [0.4, 0.5) is 0 Å². The van der Waals surface area contributed by atoms with E-state index in [1.165, 1.54) is 33.0 Å². The molecule has 0 unspecified atom stereocenters. The molecule has 0 spiro atoms. The summed E-state index contributed by atoms with van der Waals surface area (Å²) >= 11 is 0. The van der Waals surface area contributed by atoms with Crippen LogP contribution < -0.4 is 5.32 Å². The minimum Gasteiger partial charge on any atom is -0.469 e. The Labute approximate surface area is 126 Å². The molecule has 2 heterocycles. The summed E-state index contributed by atoms with van der Waals surface area (Å²) in [6.07, 6.45) is 5.23. The van der Waals surface area contributed by atoms with Crippen LogP contribution in [0, 0.1) is 0 Å². The van der Waals surface area contributed by atoms with E-state index in [2.05, 4.69) is 19.9 Å². The first kappa shape index (κ1) is 16.2. The molecule has 2 saturated heterocycles. The molecule has 0 saturated carbocycles. The average molecular weight is 297 g/mol. The molecule has 120 valence electrons. The third kappa shape index (κ3) is 5.28. The van der Waals surface area contributed by atoms with Crippen LogP contribution in [0.25, 0.3) is 0 Å². The normalized spacial score (nSPS) is 21.4. The van der Waals surface area contributed by atoms with Crippen LogP contribution in [0.5, 0.6) is 0 Å². The Kier molecular flexibility index (Phi) is 6.45. The first-order chi connectivity index (χ1) is 10.2. The number of amides is 1. The van der Waals surface area contributed by atoms with Gasteiger partial charge in [-0.05, 0) is 38.8 Å². The molecule has 0 aromatic rings. The van der Waals surface area contributed by atoms with Crippen molar-refractivity contribution in [1.82, 2.24) is 15.1 Å². The summed E-state index contributed by atoms with van der Waals surface area (Å²) < 4.78 is 4.54. The first-order valence-electron chi connectivity index (χ1n) is 7.99. The SMILES string of the molecule is COC(=O)CCNC(=O)CN1CCC(N2CCCC2)CC1. The second kappa shape index (κ2) is 8.34. The largest absolute Gasteiger partial charge is 0.469 e. The Hall–Kier alpha value is -1.14. The van der Waals surface area contributed by atoms with Gasteiger partial charge in [-0.2, -0.15) is 0 Å². The van der Waals surface area contributed by atoms with E-state index in [0.717, 1.165) is 25.9 Å². The molecule has 0 bridgehead atoms. The average Bonchev–Trinajstić information content (AvgIpc) is 3.02. The summed E-state index contributed by atoms with van der Waals surface area (Å²) in [5.41, 5.74) is 0. The second-order valence-electron chi connectivity index (χ2n) is 5.93. The number of carbonyl (C=O) groups is 2. The summed E-state index contributed by atoms with van der Waals surface area (Å²) in [5, 5.41) is 2.77. The molecular formula is C15H27N3O3. The standard InChI is InChI=1S/C15H27N3O3/c1-21-15(20)4-7-16-14(19)12-17-10-5-13(6-11-17)18-8-2-3-9-18/h13H,2-12H2,1H3,(H,16,19). The third-order valence-corrected chi connectivity index (χ3v) is 4.46. The first-order valence-corrected chi connectivity index (χ1v) is 7.99. The van der Waals surface area contributed by atoms with Crippen molar-refractivity contribution in [2.45, 2.75) is 38.1 Å². The van der Waals surface area contributed by atoms with Crippen molar-refractivity contribution in [3.63, 3.8) is 0 Å². The van der Waals surface area contributed by atoms with Crippen LogP contribution in [0.1, 0.15) is 32.1 Å². The number of carbonyl (C=O) groups excluding carboxylic acids is 2. The highest BCUT2D eigenvalue weighted by Gasteiger charge is 2.26. The highest BCUT2D eigenvalue weighted by molar-refractivity contribution is 5.78.